The van der Waals surface area contributed by atoms with Crippen LogP contribution in [0.25, 0.3) is 0 Å². The van der Waals surface area contributed by atoms with E-state index >= 15 is 0 Å². The molecule has 1 aromatic rings. The van der Waals surface area contributed by atoms with Crippen molar-refractivity contribution < 1.29 is 9.90 Å². The van der Waals surface area contributed by atoms with Gasteiger partial charge in [0.1, 0.15) is 5.82 Å². The molecule has 0 radical (unpaired) electrons. The average Bonchev–Trinajstić information content (AvgIpc) is 2.35. The van der Waals surface area contributed by atoms with Crippen LogP contribution in [0.4, 0.5) is 0 Å². The summed E-state index contributed by atoms with van der Waals surface area (Å²) in [6.45, 7) is 3.54. The fourth-order valence-corrected chi connectivity index (χ4v) is 2.03. The van der Waals surface area contributed by atoms with Crippen LogP contribution in [0.3, 0.4) is 0 Å². The molecule has 0 amide bonds. The quantitative estimate of drug-likeness (QED) is 0.819. The fourth-order valence-electron chi connectivity index (χ4n) is 2.03. The zero-order valence-corrected chi connectivity index (χ0v) is 9.99. The summed E-state index contributed by atoms with van der Waals surface area (Å²) in [6, 6.07) is 0. The van der Waals surface area contributed by atoms with Gasteiger partial charge in [-0.05, 0) is 19.4 Å². The first-order valence-corrected chi connectivity index (χ1v) is 6.05. The Morgan fingerprint density at radius 1 is 1.47 bits per heavy atom. The van der Waals surface area contributed by atoms with Gasteiger partial charge in [-0.3, -0.25) is 0 Å². The van der Waals surface area contributed by atoms with E-state index in [0.29, 0.717) is 18.8 Å². The third-order valence-electron chi connectivity index (χ3n) is 2.94. The molecule has 1 aromatic heterocycles. The second-order valence-corrected chi connectivity index (χ2v) is 4.25. The van der Waals surface area contributed by atoms with E-state index in [4.69, 9.17) is 0 Å². The molecule has 0 atom stereocenters. The molecule has 92 valence electrons. The van der Waals surface area contributed by atoms with Crippen LogP contribution >= 0.6 is 0 Å². The highest BCUT2D eigenvalue weighted by atomic mass is 16.4. The molecule has 0 unspecified atom stereocenters. The maximum Gasteiger partial charge on any atom is 0.354 e. The van der Waals surface area contributed by atoms with Gasteiger partial charge in [0, 0.05) is 18.5 Å². The molecular formula is C12H17N3O2. The summed E-state index contributed by atoms with van der Waals surface area (Å²) in [4.78, 5) is 19.8. The van der Waals surface area contributed by atoms with Gasteiger partial charge in [-0.15, -0.1) is 0 Å². The van der Waals surface area contributed by atoms with Crippen molar-refractivity contribution >= 4 is 5.97 Å². The zero-order chi connectivity index (χ0) is 12.3. The normalized spacial score (nSPS) is 14.4. The van der Waals surface area contributed by atoms with E-state index in [0.717, 1.165) is 37.1 Å². The highest BCUT2D eigenvalue weighted by Crippen LogP contribution is 2.16. The predicted molar refractivity (Wildman–Crippen MR) is 63.0 cm³/mol. The second kappa shape index (κ2) is 5.23. The summed E-state index contributed by atoms with van der Waals surface area (Å²) in [6.07, 6.45) is 3.50. The molecule has 17 heavy (non-hydrogen) atoms. The lowest BCUT2D eigenvalue weighted by Gasteiger charge is -2.18. The van der Waals surface area contributed by atoms with Gasteiger partial charge in [0.25, 0.3) is 0 Å². The van der Waals surface area contributed by atoms with Crippen LogP contribution in [-0.4, -0.2) is 27.6 Å². The first kappa shape index (κ1) is 12.0. The van der Waals surface area contributed by atoms with Gasteiger partial charge in [-0.25, -0.2) is 14.8 Å². The third kappa shape index (κ3) is 2.61. The number of unbranched alkanes of at least 4 members (excludes halogenated alkanes) is 1. The highest BCUT2D eigenvalue weighted by Gasteiger charge is 2.21. The lowest BCUT2D eigenvalue weighted by Crippen LogP contribution is -2.28. The van der Waals surface area contributed by atoms with Gasteiger partial charge in [0.05, 0.1) is 5.69 Å². The predicted octanol–water partition coefficient (Wildman–Crippen LogP) is 1.16. The van der Waals surface area contributed by atoms with Gasteiger partial charge >= 0.3 is 5.97 Å². The topological polar surface area (TPSA) is 75.1 Å². The van der Waals surface area contributed by atoms with Crippen molar-refractivity contribution in [1.82, 2.24) is 15.3 Å². The Hall–Kier alpha value is -1.49. The van der Waals surface area contributed by atoms with Crippen LogP contribution in [0.1, 0.15) is 47.3 Å². The molecule has 0 aromatic carbocycles. The number of rotatable bonds is 4. The Morgan fingerprint density at radius 2 is 2.29 bits per heavy atom. The van der Waals surface area contributed by atoms with Crippen LogP contribution in [0.5, 0.6) is 0 Å². The van der Waals surface area contributed by atoms with Gasteiger partial charge in [0.15, 0.2) is 5.69 Å². The number of aryl methyl sites for hydroxylation is 1. The Labute approximate surface area is 100 Å². The van der Waals surface area contributed by atoms with E-state index in [-0.39, 0.29) is 5.69 Å². The Bertz CT molecular complexity index is 432. The minimum absolute atomic E-state index is 0.197. The van der Waals surface area contributed by atoms with Crippen molar-refractivity contribution in [3.8, 4) is 0 Å². The minimum Gasteiger partial charge on any atom is -0.477 e. The van der Waals surface area contributed by atoms with Crippen molar-refractivity contribution in [2.75, 3.05) is 6.54 Å². The second-order valence-electron chi connectivity index (χ2n) is 4.25. The summed E-state index contributed by atoms with van der Waals surface area (Å²) < 4.78 is 0. The summed E-state index contributed by atoms with van der Waals surface area (Å²) in [7, 11) is 0. The van der Waals surface area contributed by atoms with Crippen molar-refractivity contribution in [2.45, 2.75) is 39.2 Å². The largest absolute Gasteiger partial charge is 0.477 e. The molecule has 0 spiro atoms. The molecule has 1 aliphatic rings. The average molecular weight is 235 g/mol. The molecule has 5 nitrogen and oxygen atoms in total. The van der Waals surface area contributed by atoms with Gasteiger partial charge in [-0.1, -0.05) is 13.3 Å². The number of nitrogens with one attached hydrogen (secondary N) is 1. The Balaban J connectivity index is 2.37. The standard InChI is InChI=1S/C12H17N3O2/c1-2-3-4-10-14-9-7-13-6-5-8(9)11(15-10)12(16)17/h13H,2-7H2,1H3,(H,16,17). The van der Waals surface area contributed by atoms with Crippen molar-refractivity contribution in [1.29, 1.82) is 0 Å². The number of fused-ring (bicyclic) bond motifs is 1. The fraction of sp³-hybridized carbons (Fsp3) is 0.583. The summed E-state index contributed by atoms with van der Waals surface area (Å²) >= 11 is 0. The third-order valence-corrected chi connectivity index (χ3v) is 2.94. The molecule has 0 saturated carbocycles. The lowest BCUT2D eigenvalue weighted by atomic mass is 10.0. The highest BCUT2D eigenvalue weighted by molar-refractivity contribution is 5.87. The molecule has 1 aliphatic heterocycles. The smallest absolute Gasteiger partial charge is 0.354 e. The zero-order valence-electron chi connectivity index (χ0n) is 9.99. The lowest BCUT2D eigenvalue weighted by molar-refractivity contribution is 0.0688. The maximum atomic E-state index is 11.2. The monoisotopic (exact) mass is 235 g/mol. The van der Waals surface area contributed by atoms with Crippen LogP contribution < -0.4 is 5.32 Å². The van der Waals surface area contributed by atoms with Crippen LogP contribution in [0.15, 0.2) is 0 Å². The molecular weight excluding hydrogens is 218 g/mol. The molecule has 0 bridgehead atoms. The van der Waals surface area contributed by atoms with Crippen LogP contribution in [-0.2, 0) is 19.4 Å². The number of aromatic carboxylic acids is 1. The molecule has 5 heteroatoms. The molecule has 2 rings (SSSR count). The van der Waals surface area contributed by atoms with E-state index in [9.17, 15) is 9.90 Å². The minimum atomic E-state index is -0.941. The maximum absolute atomic E-state index is 11.2. The Kier molecular flexibility index (Phi) is 3.68. The van der Waals surface area contributed by atoms with Crippen molar-refractivity contribution in [3.05, 3.63) is 22.8 Å². The number of carboxylic acid groups (broad SMARTS) is 1. The Morgan fingerprint density at radius 3 is 3.00 bits per heavy atom. The number of aromatic nitrogens is 2. The molecule has 0 aliphatic carbocycles. The molecule has 0 saturated heterocycles. The van der Waals surface area contributed by atoms with Crippen molar-refractivity contribution in [3.63, 3.8) is 0 Å². The van der Waals surface area contributed by atoms with Gasteiger partial charge < -0.3 is 10.4 Å². The van der Waals surface area contributed by atoms with E-state index < -0.39 is 5.97 Å². The number of hydrogen-bond donors (Lipinski definition) is 2. The van der Waals surface area contributed by atoms with E-state index in [1.54, 1.807) is 0 Å². The van der Waals surface area contributed by atoms with Crippen LogP contribution in [0.2, 0.25) is 0 Å². The number of hydrogen-bond acceptors (Lipinski definition) is 4. The molecule has 2 N–H and O–H groups in total. The number of carboxylic acids is 1. The molecule has 2 heterocycles. The van der Waals surface area contributed by atoms with E-state index in [1.165, 1.54) is 0 Å². The number of carbonyl (C=O) groups is 1. The summed E-state index contributed by atoms with van der Waals surface area (Å²) in [5, 5.41) is 12.4. The van der Waals surface area contributed by atoms with Gasteiger partial charge in [-0.2, -0.15) is 0 Å². The van der Waals surface area contributed by atoms with Gasteiger partial charge in [0.2, 0.25) is 0 Å². The number of nitrogens with zero attached hydrogens (tertiary/aromatic N) is 2. The SMILES string of the molecule is CCCCc1nc2c(c(C(=O)O)n1)CCNC2. The summed E-state index contributed by atoms with van der Waals surface area (Å²) in [5.74, 6) is -0.282. The van der Waals surface area contributed by atoms with E-state index in [2.05, 4.69) is 22.2 Å². The van der Waals surface area contributed by atoms with E-state index in [1.807, 2.05) is 0 Å². The van der Waals surface area contributed by atoms with Crippen LogP contribution in [0, 0.1) is 0 Å². The first-order chi connectivity index (χ1) is 8.22. The first-order valence-electron chi connectivity index (χ1n) is 6.05. The molecule has 0 fully saturated rings. The van der Waals surface area contributed by atoms with Crippen molar-refractivity contribution in [2.24, 2.45) is 0 Å². The summed E-state index contributed by atoms with van der Waals surface area (Å²) in [5.41, 5.74) is 1.86.